The van der Waals surface area contributed by atoms with Crippen LogP contribution in [0.1, 0.15) is 26.3 Å². The number of hydrogen-bond donors (Lipinski definition) is 2. The van der Waals surface area contributed by atoms with Crippen LogP contribution < -0.4 is 10.6 Å². The molecule has 6 nitrogen and oxygen atoms in total. The number of amides is 2. The van der Waals surface area contributed by atoms with Crippen molar-refractivity contribution < 1.29 is 4.79 Å². The molecule has 0 bridgehead atoms. The monoisotopic (exact) mass is 329 g/mol. The lowest BCUT2D eigenvalue weighted by Gasteiger charge is -2.26. The first-order chi connectivity index (χ1) is 11.6. The maximum Gasteiger partial charge on any atom is 0.319 e. The van der Waals surface area contributed by atoms with Crippen LogP contribution in [0.5, 0.6) is 0 Å². The van der Waals surface area contributed by atoms with Gasteiger partial charge in [0, 0.05) is 30.7 Å². The van der Waals surface area contributed by atoms with Crippen LogP contribution in [0.25, 0.3) is 0 Å². The number of likely N-dealkylation sites (N-methyl/N-ethyl adjacent to an activating group) is 1. The van der Waals surface area contributed by atoms with E-state index in [4.69, 9.17) is 0 Å². The number of carbonyl (C=O) groups excluding carboxylic acids is 1. The van der Waals surface area contributed by atoms with E-state index < -0.39 is 0 Å². The van der Waals surface area contributed by atoms with Gasteiger partial charge in [-0.3, -0.25) is 9.58 Å². The standard InChI is InChI=1S/C18H27N5O/c1-4-22(5-2)15(3)13-19-18(24)21-17-9-7-16(8-10-17)14-23-12-6-11-20-23/h6-12,15H,4-5,13-14H2,1-3H3,(H2,19,21,24)/t15-/m1/s1. The van der Waals surface area contributed by atoms with Gasteiger partial charge in [0.15, 0.2) is 0 Å². The molecule has 1 atom stereocenters. The third-order valence-electron chi connectivity index (χ3n) is 4.11. The number of anilines is 1. The molecule has 0 unspecified atom stereocenters. The van der Waals surface area contributed by atoms with E-state index in [0.29, 0.717) is 12.6 Å². The number of aromatic nitrogens is 2. The van der Waals surface area contributed by atoms with Crippen molar-refractivity contribution in [1.29, 1.82) is 0 Å². The zero-order valence-corrected chi connectivity index (χ0v) is 14.7. The predicted molar refractivity (Wildman–Crippen MR) is 97.2 cm³/mol. The van der Waals surface area contributed by atoms with Gasteiger partial charge in [-0.05, 0) is 43.8 Å². The van der Waals surface area contributed by atoms with Crippen LogP contribution in [0.15, 0.2) is 42.7 Å². The highest BCUT2D eigenvalue weighted by atomic mass is 16.2. The molecule has 0 aliphatic heterocycles. The second-order valence-electron chi connectivity index (χ2n) is 5.81. The molecule has 0 fully saturated rings. The van der Waals surface area contributed by atoms with Crippen molar-refractivity contribution >= 4 is 11.7 Å². The minimum absolute atomic E-state index is 0.172. The summed E-state index contributed by atoms with van der Waals surface area (Å²) in [5.41, 5.74) is 1.92. The van der Waals surface area contributed by atoms with Crippen molar-refractivity contribution in [3.05, 3.63) is 48.3 Å². The summed E-state index contributed by atoms with van der Waals surface area (Å²) in [5.74, 6) is 0. The molecule has 2 amide bonds. The van der Waals surface area contributed by atoms with Gasteiger partial charge >= 0.3 is 6.03 Å². The summed E-state index contributed by atoms with van der Waals surface area (Å²) in [6.07, 6.45) is 3.69. The van der Waals surface area contributed by atoms with Crippen LogP contribution >= 0.6 is 0 Å². The molecular formula is C18H27N5O. The molecule has 0 spiro atoms. The van der Waals surface area contributed by atoms with Crippen molar-refractivity contribution in [2.75, 3.05) is 25.0 Å². The summed E-state index contributed by atoms with van der Waals surface area (Å²) >= 11 is 0. The lowest BCUT2D eigenvalue weighted by atomic mass is 10.2. The Labute approximate surface area is 143 Å². The molecule has 2 aromatic rings. The van der Waals surface area contributed by atoms with Gasteiger partial charge in [-0.1, -0.05) is 26.0 Å². The Morgan fingerprint density at radius 1 is 1.25 bits per heavy atom. The first-order valence-corrected chi connectivity index (χ1v) is 8.47. The number of urea groups is 1. The van der Waals surface area contributed by atoms with E-state index in [-0.39, 0.29) is 6.03 Å². The lowest BCUT2D eigenvalue weighted by molar-refractivity contribution is 0.220. The molecule has 0 saturated heterocycles. The van der Waals surface area contributed by atoms with E-state index in [1.165, 1.54) is 0 Å². The number of nitrogens with one attached hydrogen (secondary N) is 2. The molecule has 1 aromatic heterocycles. The maximum atomic E-state index is 12.0. The molecule has 0 radical (unpaired) electrons. The van der Waals surface area contributed by atoms with Crippen LogP contribution in [0.4, 0.5) is 10.5 Å². The number of hydrogen-bond acceptors (Lipinski definition) is 3. The first-order valence-electron chi connectivity index (χ1n) is 8.47. The number of carbonyl (C=O) groups is 1. The van der Waals surface area contributed by atoms with E-state index in [0.717, 1.165) is 30.9 Å². The molecule has 0 aliphatic rings. The Hall–Kier alpha value is -2.34. The zero-order chi connectivity index (χ0) is 17.4. The summed E-state index contributed by atoms with van der Waals surface area (Å²) in [5, 5.41) is 9.98. The number of benzene rings is 1. The Balaban J connectivity index is 1.79. The second-order valence-corrected chi connectivity index (χ2v) is 5.81. The van der Waals surface area contributed by atoms with Crippen molar-refractivity contribution in [1.82, 2.24) is 20.0 Å². The van der Waals surface area contributed by atoms with E-state index in [2.05, 4.69) is 41.4 Å². The summed E-state index contributed by atoms with van der Waals surface area (Å²) in [4.78, 5) is 14.3. The summed E-state index contributed by atoms with van der Waals surface area (Å²) in [6, 6.07) is 9.86. The summed E-state index contributed by atoms with van der Waals surface area (Å²) < 4.78 is 1.86. The molecule has 0 aliphatic carbocycles. The smallest absolute Gasteiger partial charge is 0.319 e. The molecule has 24 heavy (non-hydrogen) atoms. The second kappa shape index (κ2) is 9.08. The Morgan fingerprint density at radius 2 is 1.96 bits per heavy atom. The minimum atomic E-state index is -0.172. The highest BCUT2D eigenvalue weighted by molar-refractivity contribution is 5.89. The fourth-order valence-electron chi connectivity index (χ4n) is 2.67. The van der Waals surface area contributed by atoms with Crippen LogP contribution in [0, 0.1) is 0 Å². The maximum absolute atomic E-state index is 12.0. The van der Waals surface area contributed by atoms with Gasteiger partial charge in [0.05, 0.1) is 6.54 Å². The van der Waals surface area contributed by atoms with Gasteiger partial charge in [-0.2, -0.15) is 5.10 Å². The van der Waals surface area contributed by atoms with Crippen molar-refractivity contribution in [2.24, 2.45) is 0 Å². The quantitative estimate of drug-likeness (QED) is 0.783. The molecule has 130 valence electrons. The zero-order valence-electron chi connectivity index (χ0n) is 14.7. The average molecular weight is 329 g/mol. The van der Waals surface area contributed by atoms with E-state index >= 15 is 0 Å². The Kier molecular flexibility index (Phi) is 6.81. The van der Waals surface area contributed by atoms with Gasteiger partial charge in [0.2, 0.25) is 0 Å². The van der Waals surface area contributed by atoms with E-state index in [1.807, 2.05) is 41.2 Å². The van der Waals surface area contributed by atoms with Crippen LogP contribution in [0.3, 0.4) is 0 Å². The fourth-order valence-corrected chi connectivity index (χ4v) is 2.67. The molecule has 1 heterocycles. The van der Waals surface area contributed by atoms with Gasteiger partial charge in [0.1, 0.15) is 0 Å². The number of rotatable bonds is 8. The topological polar surface area (TPSA) is 62.2 Å². The van der Waals surface area contributed by atoms with Gasteiger partial charge in [-0.25, -0.2) is 4.79 Å². The molecule has 0 saturated carbocycles. The highest BCUT2D eigenvalue weighted by Gasteiger charge is 2.11. The highest BCUT2D eigenvalue weighted by Crippen LogP contribution is 2.10. The van der Waals surface area contributed by atoms with Crippen molar-refractivity contribution in [3.8, 4) is 0 Å². The van der Waals surface area contributed by atoms with Crippen molar-refractivity contribution in [2.45, 2.75) is 33.4 Å². The Bertz CT molecular complexity index is 605. The number of nitrogens with zero attached hydrogens (tertiary/aromatic N) is 3. The normalized spacial score (nSPS) is 12.2. The predicted octanol–water partition coefficient (Wildman–Crippen LogP) is 2.78. The third-order valence-corrected chi connectivity index (χ3v) is 4.11. The largest absolute Gasteiger partial charge is 0.336 e. The van der Waals surface area contributed by atoms with Gasteiger partial charge in [-0.15, -0.1) is 0 Å². The third kappa shape index (κ3) is 5.38. The molecule has 6 heteroatoms. The van der Waals surface area contributed by atoms with Gasteiger partial charge < -0.3 is 10.6 Å². The SMILES string of the molecule is CCN(CC)[C@H](C)CNC(=O)Nc1ccc(Cn2cccn2)cc1. The van der Waals surface area contributed by atoms with Crippen LogP contribution in [-0.4, -0.2) is 46.4 Å². The summed E-state index contributed by atoms with van der Waals surface area (Å²) in [7, 11) is 0. The lowest BCUT2D eigenvalue weighted by Crippen LogP contribution is -2.43. The Morgan fingerprint density at radius 3 is 2.54 bits per heavy atom. The first kappa shape index (κ1) is 18.0. The fraction of sp³-hybridized carbons (Fsp3) is 0.444. The molecule has 2 rings (SSSR count). The van der Waals surface area contributed by atoms with Crippen molar-refractivity contribution in [3.63, 3.8) is 0 Å². The molecule has 2 N–H and O–H groups in total. The van der Waals surface area contributed by atoms with E-state index in [1.54, 1.807) is 6.20 Å². The summed E-state index contributed by atoms with van der Waals surface area (Å²) in [6.45, 7) is 9.70. The average Bonchev–Trinajstić information content (AvgIpc) is 3.09. The molecular weight excluding hydrogens is 302 g/mol. The van der Waals surface area contributed by atoms with Crippen LogP contribution in [-0.2, 0) is 6.54 Å². The van der Waals surface area contributed by atoms with Gasteiger partial charge in [0.25, 0.3) is 0 Å². The van der Waals surface area contributed by atoms with Crippen LogP contribution in [0.2, 0.25) is 0 Å². The molecule has 1 aromatic carbocycles. The van der Waals surface area contributed by atoms with E-state index in [9.17, 15) is 4.79 Å². The minimum Gasteiger partial charge on any atom is -0.336 e.